The summed E-state index contributed by atoms with van der Waals surface area (Å²) in [5.74, 6) is -0.816. The lowest BCUT2D eigenvalue weighted by Gasteiger charge is -2.52. The predicted octanol–water partition coefficient (Wildman–Crippen LogP) is 3.91. The zero-order valence-corrected chi connectivity index (χ0v) is 16.3. The molecule has 4 nitrogen and oxygen atoms in total. The zero-order chi connectivity index (χ0) is 21.1. The molecule has 1 heterocycles. The Labute approximate surface area is 174 Å². The molecule has 3 atom stereocenters. The summed E-state index contributed by atoms with van der Waals surface area (Å²) in [6.07, 6.45) is 0.182. The van der Waals surface area contributed by atoms with Crippen molar-refractivity contribution in [2.75, 3.05) is 6.61 Å². The fourth-order valence-electron chi connectivity index (χ4n) is 4.26. The van der Waals surface area contributed by atoms with Crippen molar-refractivity contribution in [2.45, 2.75) is 24.4 Å². The molecule has 0 radical (unpaired) electrons. The molecule has 1 aliphatic heterocycles. The monoisotopic (exact) mass is 400 g/mol. The second-order valence-electron chi connectivity index (χ2n) is 7.41. The van der Waals surface area contributed by atoms with Crippen LogP contribution in [0.4, 0.5) is 4.39 Å². The van der Waals surface area contributed by atoms with Gasteiger partial charge in [0.05, 0.1) is 25.1 Å². The second kappa shape index (κ2) is 8.48. The Morgan fingerprint density at radius 2 is 1.67 bits per heavy atom. The number of carbonyl (C=O) groups is 1. The number of rotatable bonds is 5. The van der Waals surface area contributed by atoms with Crippen molar-refractivity contribution in [2.24, 2.45) is 0 Å². The van der Waals surface area contributed by atoms with Crippen LogP contribution in [0.1, 0.15) is 17.0 Å². The maximum Gasteiger partial charge on any atom is 0.228 e. The number of hydrogen-bond acceptors (Lipinski definition) is 3. The van der Waals surface area contributed by atoms with E-state index < -0.39 is 12.1 Å². The van der Waals surface area contributed by atoms with Gasteiger partial charge in [0, 0.05) is 5.92 Å². The first kappa shape index (κ1) is 19.8. The van der Waals surface area contributed by atoms with Gasteiger partial charge < -0.3 is 10.0 Å². The van der Waals surface area contributed by atoms with Crippen LogP contribution >= 0.6 is 0 Å². The Kier molecular flexibility index (Phi) is 5.60. The molecule has 1 saturated heterocycles. The number of halogens is 1. The molecule has 150 valence electrons. The average Bonchev–Trinajstić information content (AvgIpc) is 2.75. The average molecular weight is 400 g/mol. The van der Waals surface area contributed by atoms with Crippen molar-refractivity contribution in [1.29, 1.82) is 5.26 Å². The normalized spacial score (nSPS) is 20.3. The molecule has 0 aromatic heterocycles. The smallest absolute Gasteiger partial charge is 0.228 e. The van der Waals surface area contributed by atoms with Crippen LogP contribution in [-0.4, -0.2) is 34.6 Å². The van der Waals surface area contributed by atoms with Crippen LogP contribution in [0.5, 0.6) is 0 Å². The Balaban J connectivity index is 1.65. The van der Waals surface area contributed by atoms with Gasteiger partial charge in [-0.15, -0.1) is 0 Å². The molecule has 3 aromatic carbocycles. The number of nitrogens with zero attached hydrogens (tertiary/aromatic N) is 2. The summed E-state index contributed by atoms with van der Waals surface area (Å²) in [7, 11) is 0. The van der Waals surface area contributed by atoms with Gasteiger partial charge in [0.1, 0.15) is 11.9 Å². The third-order valence-electron chi connectivity index (χ3n) is 5.69. The van der Waals surface area contributed by atoms with E-state index in [1.54, 1.807) is 12.1 Å². The van der Waals surface area contributed by atoms with Gasteiger partial charge in [-0.25, -0.2) is 4.39 Å². The summed E-state index contributed by atoms with van der Waals surface area (Å²) >= 11 is 0. The van der Waals surface area contributed by atoms with Gasteiger partial charge in [0.2, 0.25) is 5.91 Å². The second-order valence-corrected chi connectivity index (χ2v) is 7.41. The predicted molar refractivity (Wildman–Crippen MR) is 112 cm³/mol. The van der Waals surface area contributed by atoms with Crippen molar-refractivity contribution < 1.29 is 14.3 Å². The Morgan fingerprint density at radius 1 is 1.00 bits per heavy atom. The molecule has 1 N–H and O–H groups in total. The summed E-state index contributed by atoms with van der Waals surface area (Å²) in [6, 6.07) is 24.2. The van der Waals surface area contributed by atoms with Crippen molar-refractivity contribution in [3.8, 4) is 17.2 Å². The van der Waals surface area contributed by atoms with Crippen LogP contribution in [0, 0.1) is 17.1 Å². The van der Waals surface area contributed by atoms with Gasteiger partial charge in [-0.05, 0) is 34.4 Å². The Hall–Kier alpha value is -3.49. The molecule has 3 aromatic rings. The molecule has 0 unspecified atom stereocenters. The number of hydrogen-bond donors (Lipinski definition) is 1. The van der Waals surface area contributed by atoms with Crippen LogP contribution in [0.3, 0.4) is 0 Å². The molecular weight excluding hydrogens is 379 g/mol. The first-order valence-electron chi connectivity index (χ1n) is 9.84. The van der Waals surface area contributed by atoms with Gasteiger partial charge in [0.15, 0.2) is 0 Å². The maximum absolute atomic E-state index is 13.4. The molecule has 0 aliphatic carbocycles. The Morgan fingerprint density at radius 3 is 2.33 bits per heavy atom. The lowest BCUT2D eigenvalue weighted by atomic mass is 9.73. The molecule has 1 amide bonds. The first-order valence-corrected chi connectivity index (χ1v) is 9.84. The largest absolute Gasteiger partial charge is 0.394 e. The number of aliphatic hydroxyl groups is 1. The molecule has 1 aliphatic rings. The number of aliphatic hydroxyl groups excluding tert-OH is 1. The van der Waals surface area contributed by atoms with Crippen LogP contribution in [0.15, 0.2) is 78.9 Å². The standard InChI is InChI=1S/C25H21FN2O2/c26-19-12-10-18(11-13-19)20-8-4-5-9-21(20)25-22(15-27)28(23(25)16-29)24(30)14-17-6-2-1-3-7-17/h1-13,22-23,25,29H,14,16H2/t22-,23-,25-/m0/s1. The lowest BCUT2D eigenvalue weighted by Crippen LogP contribution is -2.65. The van der Waals surface area contributed by atoms with E-state index in [1.807, 2.05) is 54.6 Å². The minimum absolute atomic E-state index is 0.178. The van der Waals surface area contributed by atoms with Crippen molar-refractivity contribution >= 4 is 5.91 Å². The van der Waals surface area contributed by atoms with Crippen LogP contribution in [0.2, 0.25) is 0 Å². The van der Waals surface area contributed by atoms with Crippen LogP contribution < -0.4 is 0 Å². The molecule has 0 bridgehead atoms. The quantitative estimate of drug-likeness (QED) is 0.706. The van der Waals surface area contributed by atoms with Gasteiger partial charge in [0.25, 0.3) is 0 Å². The third kappa shape index (κ3) is 3.58. The number of amides is 1. The fourth-order valence-corrected chi connectivity index (χ4v) is 4.26. The van der Waals surface area contributed by atoms with E-state index >= 15 is 0 Å². The Bertz CT molecular complexity index is 1080. The molecule has 30 heavy (non-hydrogen) atoms. The number of carbonyl (C=O) groups excluding carboxylic acids is 1. The third-order valence-corrected chi connectivity index (χ3v) is 5.69. The molecule has 0 spiro atoms. The summed E-state index contributed by atoms with van der Waals surface area (Å²) in [5.41, 5.74) is 3.44. The summed E-state index contributed by atoms with van der Waals surface area (Å²) in [5, 5.41) is 19.9. The summed E-state index contributed by atoms with van der Waals surface area (Å²) in [4.78, 5) is 14.4. The molecule has 1 fully saturated rings. The van der Waals surface area contributed by atoms with Crippen molar-refractivity contribution in [1.82, 2.24) is 4.90 Å². The minimum atomic E-state index is -0.667. The zero-order valence-electron chi connectivity index (χ0n) is 16.3. The fraction of sp³-hybridized carbons (Fsp3) is 0.200. The van der Waals surface area contributed by atoms with E-state index in [1.165, 1.54) is 17.0 Å². The van der Waals surface area contributed by atoms with E-state index in [9.17, 15) is 19.6 Å². The highest BCUT2D eigenvalue weighted by atomic mass is 19.1. The van der Waals surface area contributed by atoms with Gasteiger partial charge >= 0.3 is 0 Å². The SMILES string of the molecule is N#C[C@H]1[C@H](c2ccccc2-c2ccc(F)cc2)[C@H](CO)N1C(=O)Cc1ccccc1. The van der Waals surface area contributed by atoms with Gasteiger partial charge in [-0.1, -0.05) is 66.7 Å². The van der Waals surface area contributed by atoms with Crippen molar-refractivity contribution in [3.05, 3.63) is 95.8 Å². The van der Waals surface area contributed by atoms with Crippen LogP contribution in [0.25, 0.3) is 11.1 Å². The van der Waals surface area contributed by atoms with E-state index in [4.69, 9.17) is 0 Å². The summed E-state index contributed by atoms with van der Waals surface area (Å²) in [6.45, 7) is -0.235. The minimum Gasteiger partial charge on any atom is -0.394 e. The van der Waals surface area contributed by atoms with Gasteiger partial charge in [-0.2, -0.15) is 5.26 Å². The van der Waals surface area contributed by atoms with Gasteiger partial charge in [-0.3, -0.25) is 4.79 Å². The molecule has 5 heteroatoms. The van der Waals surface area contributed by atoms with E-state index in [-0.39, 0.29) is 30.7 Å². The molecule has 0 saturated carbocycles. The van der Waals surface area contributed by atoms with E-state index in [0.29, 0.717) is 0 Å². The number of benzene rings is 3. The number of nitriles is 1. The highest BCUT2D eigenvalue weighted by Gasteiger charge is 2.51. The van der Waals surface area contributed by atoms with E-state index in [2.05, 4.69) is 6.07 Å². The van der Waals surface area contributed by atoms with E-state index in [0.717, 1.165) is 22.3 Å². The van der Waals surface area contributed by atoms with Crippen LogP contribution in [-0.2, 0) is 11.2 Å². The highest BCUT2D eigenvalue weighted by molar-refractivity contribution is 5.82. The summed E-state index contributed by atoms with van der Waals surface area (Å²) < 4.78 is 13.4. The topological polar surface area (TPSA) is 64.3 Å². The lowest BCUT2D eigenvalue weighted by molar-refractivity contribution is -0.146. The molecular formula is C25H21FN2O2. The first-order chi connectivity index (χ1) is 14.6. The highest BCUT2D eigenvalue weighted by Crippen LogP contribution is 2.44. The molecule has 4 rings (SSSR count). The maximum atomic E-state index is 13.4. The number of likely N-dealkylation sites (tertiary alicyclic amines) is 1. The van der Waals surface area contributed by atoms with Crippen molar-refractivity contribution in [3.63, 3.8) is 0 Å².